The lowest BCUT2D eigenvalue weighted by Gasteiger charge is -2.25. The van der Waals surface area contributed by atoms with E-state index in [2.05, 4.69) is 29.2 Å². The Labute approximate surface area is 146 Å². The fourth-order valence-corrected chi connectivity index (χ4v) is 4.21. The molecule has 0 bridgehead atoms. The second-order valence-electron chi connectivity index (χ2n) is 6.39. The summed E-state index contributed by atoms with van der Waals surface area (Å²) < 4.78 is 1.08. The summed E-state index contributed by atoms with van der Waals surface area (Å²) in [5.74, 6) is 0.581. The van der Waals surface area contributed by atoms with Crippen LogP contribution in [0, 0.1) is 0 Å². The third-order valence-electron chi connectivity index (χ3n) is 4.81. The Balaban J connectivity index is 1.58. The average molecular weight is 336 g/mol. The number of amides is 1. The Morgan fingerprint density at radius 1 is 1.12 bits per heavy atom. The number of aromatic nitrogens is 1. The van der Waals surface area contributed by atoms with Crippen molar-refractivity contribution < 1.29 is 4.79 Å². The quantitative estimate of drug-likeness (QED) is 0.679. The first-order valence-electron chi connectivity index (χ1n) is 8.49. The second kappa shape index (κ2) is 6.73. The summed E-state index contributed by atoms with van der Waals surface area (Å²) >= 11 is 1.59. The largest absolute Gasteiger partial charge is 0.338 e. The average Bonchev–Trinajstić information content (AvgIpc) is 2.96. The van der Waals surface area contributed by atoms with Crippen molar-refractivity contribution >= 4 is 27.5 Å². The van der Waals surface area contributed by atoms with E-state index >= 15 is 0 Å². The van der Waals surface area contributed by atoms with Crippen LogP contribution in [0.2, 0.25) is 0 Å². The van der Waals surface area contributed by atoms with Gasteiger partial charge in [-0.15, -0.1) is 11.3 Å². The van der Waals surface area contributed by atoms with Crippen molar-refractivity contribution in [1.82, 2.24) is 9.88 Å². The van der Waals surface area contributed by atoms with Crippen LogP contribution in [0.25, 0.3) is 10.2 Å². The predicted molar refractivity (Wildman–Crippen MR) is 98.6 cm³/mol. The molecule has 0 saturated carbocycles. The van der Waals surface area contributed by atoms with Gasteiger partial charge in [-0.2, -0.15) is 0 Å². The molecule has 1 unspecified atom stereocenters. The first kappa shape index (κ1) is 15.3. The van der Waals surface area contributed by atoms with Crippen LogP contribution in [0.15, 0.2) is 54.0 Å². The molecule has 0 aliphatic carbocycles. The van der Waals surface area contributed by atoms with E-state index in [1.165, 1.54) is 12.0 Å². The number of likely N-dealkylation sites (tertiary alicyclic amines) is 1. The van der Waals surface area contributed by atoms with Gasteiger partial charge in [-0.25, -0.2) is 4.98 Å². The molecular weight excluding hydrogens is 316 g/mol. The summed E-state index contributed by atoms with van der Waals surface area (Å²) in [4.78, 5) is 19.3. The molecule has 0 spiro atoms. The maximum atomic E-state index is 13.0. The number of nitrogens with zero attached hydrogens (tertiary/aromatic N) is 2. The van der Waals surface area contributed by atoms with Gasteiger partial charge in [0.05, 0.1) is 15.7 Å². The second-order valence-corrected chi connectivity index (χ2v) is 7.28. The lowest BCUT2D eigenvalue weighted by Crippen LogP contribution is -2.34. The molecule has 2 aromatic carbocycles. The van der Waals surface area contributed by atoms with Crippen molar-refractivity contribution in [3.05, 3.63) is 65.2 Å². The van der Waals surface area contributed by atoms with Gasteiger partial charge in [0, 0.05) is 24.6 Å². The number of benzene rings is 2. The summed E-state index contributed by atoms with van der Waals surface area (Å²) in [5.41, 5.74) is 4.92. The fraction of sp³-hybridized carbons (Fsp3) is 0.300. The molecule has 1 fully saturated rings. The van der Waals surface area contributed by atoms with Gasteiger partial charge in [0.2, 0.25) is 0 Å². The molecule has 2 heterocycles. The van der Waals surface area contributed by atoms with Gasteiger partial charge >= 0.3 is 0 Å². The summed E-state index contributed by atoms with van der Waals surface area (Å²) in [5, 5.41) is 0. The van der Waals surface area contributed by atoms with Crippen molar-refractivity contribution in [2.24, 2.45) is 0 Å². The molecule has 3 nitrogen and oxygen atoms in total. The fourth-order valence-electron chi connectivity index (χ4n) is 3.49. The summed E-state index contributed by atoms with van der Waals surface area (Å²) in [6.07, 6.45) is 3.41. The van der Waals surface area contributed by atoms with Crippen LogP contribution >= 0.6 is 11.3 Å². The Kier molecular flexibility index (Phi) is 4.30. The Morgan fingerprint density at radius 2 is 2.00 bits per heavy atom. The van der Waals surface area contributed by atoms with Crippen molar-refractivity contribution in [3.63, 3.8) is 0 Å². The normalized spacial score (nSPS) is 18.5. The zero-order valence-electron chi connectivity index (χ0n) is 13.5. The molecule has 3 aromatic rings. The van der Waals surface area contributed by atoms with Crippen LogP contribution in [0.5, 0.6) is 0 Å². The molecular formula is C20H20N2OS. The highest BCUT2D eigenvalue weighted by Crippen LogP contribution is 2.28. The van der Waals surface area contributed by atoms with E-state index in [9.17, 15) is 4.79 Å². The third-order valence-corrected chi connectivity index (χ3v) is 5.60. The van der Waals surface area contributed by atoms with Crippen LogP contribution in [0.3, 0.4) is 0 Å². The van der Waals surface area contributed by atoms with Crippen LogP contribution in [-0.4, -0.2) is 28.9 Å². The van der Waals surface area contributed by atoms with Crippen LogP contribution in [-0.2, 0) is 0 Å². The summed E-state index contributed by atoms with van der Waals surface area (Å²) in [7, 11) is 0. The van der Waals surface area contributed by atoms with Gasteiger partial charge in [-0.1, -0.05) is 36.8 Å². The summed E-state index contributed by atoms with van der Waals surface area (Å²) in [6.45, 7) is 1.66. The van der Waals surface area contributed by atoms with E-state index in [1.807, 2.05) is 34.7 Å². The highest BCUT2D eigenvalue weighted by molar-refractivity contribution is 7.16. The number of thiazole rings is 1. The van der Waals surface area contributed by atoms with E-state index in [-0.39, 0.29) is 5.91 Å². The molecule has 4 heteroatoms. The summed E-state index contributed by atoms with van der Waals surface area (Å²) in [6, 6.07) is 16.4. The molecule has 1 atom stereocenters. The van der Waals surface area contributed by atoms with Crippen LogP contribution in [0.1, 0.15) is 41.1 Å². The highest BCUT2D eigenvalue weighted by Gasteiger charge is 2.24. The van der Waals surface area contributed by atoms with Gasteiger partial charge in [-0.3, -0.25) is 4.79 Å². The van der Waals surface area contributed by atoms with Crippen LogP contribution < -0.4 is 0 Å². The highest BCUT2D eigenvalue weighted by atomic mass is 32.1. The zero-order chi connectivity index (χ0) is 16.4. The van der Waals surface area contributed by atoms with Gasteiger partial charge < -0.3 is 4.90 Å². The van der Waals surface area contributed by atoms with Crippen molar-refractivity contribution in [2.45, 2.75) is 25.2 Å². The molecule has 1 amide bonds. The van der Waals surface area contributed by atoms with Gasteiger partial charge in [0.1, 0.15) is 0 Å². The number of fused-ring (bicyclic) bond motifs is 1. The minimum absolute atomic E-state index is 0.146. The maximum Gasteiger partial charge on any atom is 0.253 e. The molecule has 1 aliphatic rings. The number of hydrogen-bond donors (Lipinski definition) is 0. The van der Waals surface area contributed by atoms with E-state index in [4.69, 9.17) is 0 Å². The van der Waals surface area contributed by atoms with E-state index < -0.39 is 0 Å². The minimum Gasteiger partial charge on any atom is -0.338 e. The SMILES string of the molecule is O=C(c1ccc2ncsc2c1)N1CCCCC(c2ccccc2)C1. The molecule has 0 radical (unpaired) electrons. The number of rotatable bonds is 2. The maximum absolute atomic E-state index is 13.0. The Bertz CT molecular complexity index is 843. The van der Waals surface area contributed by atoms with Gasteiger partial charge in [0.25, 0.3) is 5.91 Å². The molecule has 24 heavy (non-hydrogen) atoms. The van der Waals surface area contributed by atoms with Gasteiger partial charge in [-0.05, 0) is 36.6 Å². The van der Waals surface area contributed by atoms with Crippen molar-refractivity contribution in [3.8, 4) is 0 Å². The number of carbonyl (C=O) groups is 1. The van der Waals surface area contributed by atoms with Gasteiger partial charge in [0.15, 0.2) is 0 Å². The molecule has 1 aliphatic heterocycles. The number of carbonyl (C=O) groups excluding carboxylic acids is 1. The van der Waals surface area contributed by atoms with Crippen LogP contribution in [0.4, 0.5) is 0 Å². The minimum atomic E-state index is 0.146. The topological polar surface area (TPSA) is 33.2 Å². The molecule has 0 N–H and O–H groups in total. The lowest BCUT2D eigenvalue weighted by atomic mass is 9.94. The lowest BCUT2D eigenvalue weighted by molar-refractivity contribution is 0.0754. The zero-order valence-corrected chi connectivity index (χ0v) is 14.3. The van der Waals surface area contributed by atoms with Crippen molar-refractivity contribution in [2.75, 3.05) is 13.1 Å². The first-order valence-corrected chi connectivity index (χ1v) is 9.37. The molecule has 122 valence electrons. The first-order chi connectivity index (χ1) is 11.8. The predicted octanol–water partition coefficient (Wildman–Crippen LogP) is 4.71. The monoisotopic (exact) mass is 336 g/mol. The molecule has 1 saturated heterocycles. The molecule has 1 aromatic heterocycles. The number of hydrogen-bond acceptors (Lipinski definition) is 3. The standard InChI is InChI=1S/C20H20N2OS/c23-20(16-9-10-18-19(12-16)24-14-21-18)22-11-5-4-8-17(13-22)15-6-2-1-3-7-15/h1-3,6-7,9-10,12,14,17H,4-5,8,11,13H2. The molecule has 4 rings (SSSR count). The van der Waals surface area contributed by atoms with E-state index in [0.717, 1.165) is 41.7 Å². The van der Waals surface area contributed by atoms with E-state index in [1.54, 1.807) is 11.3 Å². The third kappa shape index (κ3) is 3.06. The smallest absolute Gasteiger partial charge is 0.253 e. The Morgan fingerprint density at radius 3 is 2.88 bits per heavy atom. The van der Waals surface area contributed by atoms with E-state index in [0.29, 0.717) is 5.92 Å². The van der Waals surface area contributed by atoms with Crippen molar-refractivity contribution in [1.29, 1.82) is 0 Å². The Hall–Kier alpha value is -2.20.